The summed E-state index contributed by atoms with van der Waals surface area (Å²) in [5.41, 5.74) is -0.267. The van der Waals surface area contributed by atoms with E-state index in [0.717, 1.165) is 26.2 Å². The standard InChI is InChI=1S/C9H17BN2O/c1-9(2,3)8(13)11-4-6-12(10)7-5-11/h4-7H2,1-3H3. The first-order chi connectivity index (χ1) is 5.91. The van der Waals surface area contributed by atoms with Gasteiger partial charge in [0.25, 0.3) is 0 Å². The molecule has 0 unspecified atom stereocenters. The number of amides is 1. The maximum Gasteiger partial charge on any atom is 0.228 e. The molecule has 4 heteroatoms. The summed E-state index contributed by atoms with van der Waals surface area (Å²) in [6, 6.07) is 0. The summed E-state index contributed by atoms with van der Waals surface area (Å²) >= 11 is 0. The van der Waals surface area contributed by atoms with E-state index >= 15 is 0 Å². The van der Waals surface area contributed by atoms with Gasteiger partial charge in [-0.1, -0.05) is 20.8 Å². The largest absolute Gasteiger partial charge is 0.351 e. The Kier molecular flexibility index (Phi) is 3.01. The van der Waals surface area contributed by atoms with Gasteiger partial charge >= 0.3 is 0 Å². The van der Waals surface area contributed by atoms with Gasteiger partial charge in [0.05, 0.1) is 0 Å². The molecule has 0 saturated carbocycles. The summed E-state index contributed by atoms with van der Waals surface area (Å²) in [4.78, 5) is 15.4. The highest BCUT2D eigenvalue weighted by molar-refractivity contribution is 6.04. The number of carbonyl (C=O) groups is 1. The number of hydrogen-bond donors (Lipinski definition) is 0. The van der Waals surface area contributed by atoms with Crippen LogP contribution < -0.4 is 0 Å². The van der Waals surface area contributed by atoms with Crippen LogP contribution in [0, 0.1) is 5.41 Å². The lowest BCUT2D eigenvalue weighted by atomic mass is 9.94. The van der Waals surface area contributed by atoms with Gasteiger partial charge in [-0.15, -0.1) is 0 Å². The van der Waals surface area contributed by atoms with Crippen LogP contribution in [-0.4, -0.2) is 49.8 Å². The maximum absolute atomic E-state index is 11.8. The molecule has 0 aromatic carbocycles. The first kappa shape index (κ1) is 10.6. The minimum absolute atomic E-state index is 0.223. The Morgan fingerprint density at radius 1 is 1.15 bits per heavy atom. The number of nitrogens with zero attached hydrogens (tertiary/aromatic N) is 2. The molecule has 72 valence electrons. The molecule has 0 aromatic heterocycles. The van der Waals surface area contributed by atoms with Gasteiger partial charge in [0, 0.05) is 31.6 Å². The molecule has 13 heavy (non-hydrogen) atoms. The Bertz CT molecular complexity index is 192. The van der Waals surface area contributed by atoms with Crippen molar-refractivity contribution in [1.82, 2.24) is 9.71 Å². The van der Waals surface area contributed by atoms with E-state index in [-0.39, 0.29) is 11.3 Å². The molecule has 1 fully saturated rings. The van der Waals surface area contributed by atoms with E-state index in [0.29, 0.717) is 0 Å². The summed E-state index contributed by atoms with van der Waals surface area (Å²) in [5.74, 6) is 0.223. The van der Waals surface area contributed by atoms with Crippen molar-refractivity contribution in [2.24, 2.45) is 5.41 Å². The van der Waals surface area contributed by atoms with E-state index in [1.165, 1.54) is 0 Å². The summed E-state index contributed by atoms with van der Waals surface area (Å²) < 4.78 is 0. The van der Waals surface area contributed by atoms with Crippen molar-refractivity contribution < 1.29 is 4.79 Å². The molecule has 0 atom stereocenters. The van der Waals surface area contributed by atoms with Gasteiger partial charge in [0.2, 0.25) is 5.91 Å². The predicted molar refractivity (Wildman–Crippen MR) is 53.4 cm³/mol. The van der Waals surface area contributed by atoms with E-state index in [2.05, 4.69) is 0 Å². The van der Waals surface area contributed by atoms with Crippen molar-refractivity contribution in [3.63, 3.8) is 0 Å². The Balaban J connectivity index is 2.50. The average Bonchev–Trinajstić information content (AvgIpc) is 2.03. The van der Waals surface area contributed by atoms with Crippen LogP contribution in [0.25, 0.3) is 0 Å². The van der Waals surface area contributed by atoms with Gasteiger partial charge in [-0.2, -0.15) is 0 Å². The fraction of sp³-hybridized carbons (Fsp3) is 0.889. The molecule has 1 aliphatic rings. The summed E-state index contributed by atoms with van der Waals surface area (Å²) in [5, 5.41) is 0. The van der Waals surface area contributed by atoms with Crippen molar-refractivity contribution in [2.75, 3.05) is 26.2 Å². The van der Waals surface area contributed by atoms with Gasteiger partial charge in [0.1, 0.15) is 0 Å². The molecule has 1 saturated heterocycles. The third-order valence-electron chi connectivity index (χ3n) is 2.24. The number of piperazine rings is 1. The molecule has 0 aromatic rings. The smallest absolute Gasteiger partial charge is 0.228 e. The Morgan fingerprint density at radius 3 is 2.00 bits per heavy atom. The molecule has 3 nitrogen and oxygen atoms in total. The molecule has 0 bridgehead atoms. The van der Waals surface area contributed by atoms with Crippen LogP contribution >= 0.6 is 0 Å². The zero-order valence-electron chi connectivity index (χ0n) is 8.71. The predicted octanol–water partition coefficient (Wildman–Crippen LogP) is 0.260. The molecular weight excluding hydrogens is 163 g/mol. The molecule has 0 aliphatic carbocycles. The van der Waals surface area contributed by atoms with Crippen LogP contribution in [0.3, 0.4) is 0 Å². The number of rotatable bonds is 0. The average molecular weight is 180 g/mol. The highest BCUT2D eigenvalue weighted by atomic mass is 16.2. The van der Waals surface area contributed by atoms with Crippen molar-refractivity contribution in [3.8, 4) is 0 Å². The Labute approximate surface area is 81.5 Å². The van der Waals surface area contributed by atoms with Gasteiger partial charge in [-0.3, -0.25) is 4.79 Å². The Morgan fingerprint density at radius 2 is 1.62 bits per heavy atom. The SMILES string of the molecule is [B]N1CCN(C(=O)C(C)(C)C)CC1. The highest BCUT2D eigenvalue weighted by Gasteiger charge is 2.28. The van der Waals surface area contributed by atoms with Gasteiger partial charge < -0.3 is 9.71 Å². The summed E-state index contributed by atoms with van der Waals surface area (Å²) in [7, 11) is 5.60. The van der Waals surface area contributed by atoms with Crippen LogP contribution in [0.15, 0.2) is 0 Å². The molecule has 0 N–H and O–H groups in total. The normalized spacial score (nSPS) is 20.4. The molecular formula is C9H17BN2O. The Hall–Kier alpha value is -0.505. The monoisotopic (exact) mass is 180 g/mol. The second-order valence-corrected chi connectivity index (χ2v) is 4.58. The van der Waals surface area contributed by atoms with Gasteiger partial charge in [-0.25, -0.2) is 0 Å². The lowest BCUT2D eigenvalue weighted by Crippen LogP contribution is -2.50. The first-order valence-corrected chi connectivity index (χ1v) is 4.70. The fourth-order valence-electron chi connectivity index (χ4n) is 1.40. The van der Waals surface area contributed by atoms with Gasteiger partial charge in [-0.05, 0) is 0 Å². The lowest BCUT2D eigenvalue weighted by Gasteiger charge is -2.36. The second kappa shape index (κ2) is 3.70. The van der Waals surface area contributed by atoms with E-state index in [1.54, 1.807) is 4.81 Å². The van der Waals surface area contributed by atoms with E-state index in [1.807, 2.05) is 25.7 Å². The summed E-state index contributed by atoms with van der Waals surface area (Å²) in [6.07, 6.45) is 0. The third-order valence-corrected chi connectivity index (χ3v) is 2.24. The van der Waals surface area contributed by atoms with Crippen molar-refractivity contribution in [2.45, 2.75) is 20.8 Å². The third kappa shape index (κ3) is 2.73. The first-order valence-electron chi connectivity index (χ1n) is 4.70. The molecule has 2 radical (unpaired) electrons. The van der Waals surface area contributed by atoms with Crippen LogP contribution in [0.5, 0.6) is 0 Å². The zero-order valence-corrected chi connectivity index (χ0v) is 8.71. The van der Waals surface area contributed by atoms with E-state index in [4.69, 9.17) is 7.98 Å². The molecule has 0 spiro atoms. The van der Waals surface area contributed by atoms with Gasteiger partial charge in [0.15, 0.2) is 7.98 Å². The molecule has 1 rings (SSSR count). The topological polar surface area (TPSA) is 23.6 Å². The maximum atomic E-state index is 11.8. The fourth-order valence-corrected chi connectivity index (χ4v) is 1.40. The zero-order chi connectivity index (χ0) is 10.1. The van der Waals surface area contributed by atoms with Crippen LogP contribution in [-0.2, 0) is 4.79 Å². The van der Waals surface area contributed by atoms with E-state index in [9.17, 15) is 4.79 Å². The van der Waals surface area contributed by atoms with Crippen molar-refractivity contribution >= 4 is 13.9 Å². The van der Waals surface area contributed by atoms with Crippen LogP contribution in [0.4, 0.5) is 0 Å². The van der Waals surface area contributed by atoms with Crippen LogP contribution in [0.1, 0.15) is 20.8 Å². The lowest BCUT2D eigenvalue weighted by molar-refractivity contribution is -0.140. The number of hydrogen-bond acceptors (Lipinski definition) is 2. The van der Waals surface area contributed by atoms with Crippen LogP contribution in [0.2, 0.25) is 0 Å². The van der Waals surface area contributed by atoms with Crippen molar-refractivity contribution in [3.05, 3.63) is 0 Å². The highest BCUT2D eigenvalue weighted by Crippen LogP contribution is 2.18. The second-order valence-electron chi connectivity index (χ2n) is 4.58. The van der Waals surface area contributed by atoms with E-state index < -0.39 is 0 Å². The molecule has 1 aliphatic heterocycles. The summed E-state index contributed by atoms with van der Waals surface area (Å²) in [6.45, 7) is 8.92. The minimum Gasteiger partial charge on any atom is -0.351 e. The van der Waals surface area contributed by atoms with Crippen molar-refractivity contribution in [1.29, 1.82) is 0 Å². The quantitative estimate of drug-likeness (QED) is 0.499. The molecule has 1 amide bonds. The number of carbonyl (C=O) groups excluding carboxylic acids is 1. The minimum atomic E-state index is -0.267. The molecule has 1 heterocycles.